The lowest BCUT2D eigenvalue weighted by Crippen LogP contribution is -2.22. The van der Waals surface area contributed by atoms with Crippen LogP contribution in [0.2, 0.25) is 0 Å². The van der Waals surface area contributed by atoms with Gasteiger partial charge in [0.05, 0.1) is 6.21 Å². The van der Waals surface area contributed by atoms with Gasteiger partial charge < -0.3 is 0 Å². The summed E-state index contributed by atoms with van der Waals surface area (Å²) in [5.41, 5.74) is 3.60. The minimum Gasteiger partial charge on any atom is -0.273 e. The van der Waals surface area contributed by atoms with E-state index < -0.39 is 0 Å². The zero-order valence-electron chi connectivity index (χ0n) is 11.6. The molecule has 1 amide bonds. The van der Waals surface area contributed by atoms with Gasteiger partial charge in [-0.3, -0.25) is 4.79 Å². The average molecular weight is 274 g/mol. The SMILES string of the molecule is CC12CCCCC1C2C(=O)NN=Cc1ccc(F)cc1. The first-order valence-corrected chi connectivity index (χ1v) is 7.20. The van der Waals surface area contributed by atoms with E-state index in [0.717, 1.165) is 18.4 Å². The second kappa shape index (κ2) is 5.00. The molecule has 0 aromatic heterocycles. The third kappa shape index (κ3) is 2.35. The first kappa shape index (κ1) is 13.3. The van der Waals surface area contributed by atoms with E-state index in [2.05, 4.69) is 17.5 Å². The van der Waals surface area contributed by atoms with E-state index in [4.69, 9.17) is 0 Å². The first-order valence-electron chi connectivity index (χ1n) is 7.20. The number of halogens is 1. The van der Waals surface area contributed by atoms with Crippen molar-refractivity contribution in [2.24, 2.45) is 22.4 Å². The summed E-state index contributed by atoms with van der Waals surface area (Å²) < 4.78 is 12.7. The molecule has 0 radical (unpaired) electrons. The van der Waals surface area contributed by atoms with Crippen molar-refractivity contribution in [1.29, 1.82) is 0 Å². The summed E-state index contributed by atoms with van der Waals surface area (Å²) in [5.74, 6) is 0.409. The molecule has 106 valence electrons. The van der Waals surface area contributed by atoms with E-state index in [1.165, 1.54) is 25.0 Å². The standard InChI is InChI=1S/C16H19FN2O/c1-16-9-3-2-4-13(16)14(16)15(20)19-18-10-11-5-7-12(17)8-6-11/h5-8,10,13-14H,2-4,9H2,1H3,(H,19,20). The van der Waals surface area contributed by atoms with Crippen molar-refractivity contribution < 1.29 is 9.18 Å². The summed E-state index contributed by atoms with van der Waals surface area (Å²) in [6.45, 7) is 2.21. The number of nitrogens with zero attached hydrogens (tertiary/aromatic N) is 1. The Balaban J connectivity index is 1.56. The van der Waals surface area contributed by atoms with Crippen LogP contribution >= 0.6 is 0 Å². The highest BCUT2D eigenvalue weighted by atomic mass is 19.1. The summed E-state index contributed by atoms with van der Waals surface area (Å²) in [6.07, 6.45) is 6.33. The molecule has 1 N–H and O–H groups in total. The molecule has 0 spiro atoms. The number of hydrazone groups is 1. The van der Waals surface area contributed by atoms with Gasteiger partial charge in [0.15, 0.2) is 0 Å². The lowest BCUT2D eigenvalue weighted by molar-refractivity contribution is -0.123. The van der Waals surface area contributed by atoms with E-state index in [-0.39, 0.29) is 23.1 Å². The number of benzene rings is 1. The van der Waals surface area contributed by atoms with E-state index in [0.29, 0.717) is 5.92 Å². The highest BCUT2D eigenvalue weighted by Crippen LogP contribution is 2.66. The second-order valence-electron chi connectivity index (χ2n) is 6.12. The molecule has 0 heterocycles. The van der Waals surface area contributed by atoms with Gasteiger partial charge in [0.1, 0.15) is 5.82 Å². The predicted molar refractivity (Wildman–Crippen MR) is 75.7 cm³/mol. The van der Waals surface area contributed by atoms with E-state index >= 15 is 0 Å². The fourth-order valence-corrected chi connectivity index (χ4v) is 3.64. The molecule has 1 aromatic carbocycles. The summed E-state index contributed by atoms with van der Waals surface area (Å²) >= 11 is 0. The van der Waals surface area contributed by atoms with Crippen molar-refractivity contribution in [3.05, 3.63) is 35.6 Å². The summed E-state index contributed by atoms with van der Waals surface area (Å²) in [4.78, 5) is 12.1. The molecule has 2 saturated carbocycles. The van der Waals surface area contributed by atoms with Crippen molar-refractivity contribution in [2.75, 3.05) is 0 Å². The highest BCUT2D eigenvalue weighted by molar-refractivity contribution is 5.85. The minimum atomic E-state index is -0.277. The normalized spacial score (nSPS) is 31.9. The van der Waals surface area contributed by atoms with Gasteiger partial charge in [-0.2, -0.15) is 5.10 Å². The smallest absolute Gasteiger partial charge is 0.244 e. The quantitative estimate of drug-likeness (QED) is 0.668. The van der Waals surface area contributed by atoms with Gasteiger partial charge in [-0.05, 0) is 41.9 Å². The fraction of sp³-hybridized carbons (Fsp3) is 0.500. The molecule has 3 atom stereocenters. The zero-order chi connectivity index (χ0) is 14.2. The lowest BCUT2D eigenvalue weighted by Gasteiger charge is -2.15. The third-order valence-electron chi connectivity index (χ3n) is 4.87. The van der Waals surface area contributed by atoms with Crippen LogP contribution in [-0.4, -0.2) is 12.1 Å². The van der Waals surface area contributed by atoms with Crippen molar-refractivity contribution in [2.45, 2.75) is 32.6 Å². The van der Waals surface area contributed by atoms with Crippen LogP contribution in [0.3, 0.4) is 0 Å². The van der Waals surface area contributed by atoms with Crippen LogP contribution in [0.25, 0.3) is 0 Å². The summed E-state index contributed by atoms with van der Waals surface area (Å²) in [6, 6.07) is 6.01. The van der Waals surface area contributed by atoms with Crippen molar-refractivity contribution in [3.63, 3.8) is 0 Å². The van der Waals surface area contributed by atoms with Crippen LogP contribution in [0, 0.1) is 23.1 Å². The molecule has 0 saturated heterocycles. The number of carbonyl (C=O) groups is 1. The van der Waals surface area contributed by atoms with Crippen LogP contribution in [0.15, 0.2) is 29.4 Å². The van der Waals surface area contributed by atoms with Crippen LogP contribution in [0.4, 0.5) is 4.39 Å². The minimum absolute atomic E-state index is 0.0257. The first-order chi connectivity index (χ1) is 9.61. The molecular formula is C16H19FN2O. The fourth-order valence-electron chi connectivity index (χ4n) is 3.64. The molecule has 0 aliphatic heterocycles. The predicted octanol–water partition coefficient (Wildman–Crippen LogP) is 3.10. The number of fused-ring (bicyclic) bond motifs is 1. The van der Waals surface area contributed by atoms with Crippen LogP contribution in [0.1, 0.15) is 38.2 Å². The summed E-state index contributed by atoms with van der Waals surface area (Å²) in [5, 5.41) is 3.97. The van der Waals surface area contributed by atoms with Crippen LogP contribution in [-0.2, 0) is 4.79 Å². The van der Waals surface area contributed by atoms with Gasteiger partial charge in [0.25, 0.3) is 0 Å². The van der Waals surface area contributed by atoms with Crippen molar-refractivity contribution in [1.82, 2.24) is 5.43 Å². The molecule has 2 aliphatic carbocycles. The average Bonchev–Trinajstić information content (AvgIpc) is 3.06. The molecule has 3 nitrogen and oxygen atoms in total. The molecule has 3 unspecified atom stereocenters. The molecular weight excluding hydrogens is 255 g/mol. The molecule has 3 rings (SSSR count). The molecule has 4 heteroatoms. The molecule has 2 fully saturated rings. The number of hydrogen-bond acceptors (Lipinski definition) is 2. The third-order valence-corrected chi connectivity index (χ3v) is 4.87. The van der Waals surface area contributed by atoms with Gasteiger partial charge in [-0.25, -0.2) is 9.82 Å². The van der Waals surface area contributed by atoms with Gasteiger partial charge >= 0.3 is 0 Å². The van der Waals surface area contributed by atoms with Gasteiger partial charge in [0.2, 0.25) is 5.91 Å². The summed E-state index contributed by atoms with van der Waals surface area (Å²) in [7, 11) is 0. The van der Waals surface area contributed by atoms with Gasteiger partial charge in [0, 0.05) is 5.92 Å². The number of hydrogen-bond donors (Lipinski definition) is 1. The maximum Gasteiger partial charge on any atom is 0.244 e. The number of rotatable bonds is 3. The Labute approximate surface area is 118 Å². The molecule has 1 aromatic rings. The Morgan fingerprint density at radius 3 is 2.80 bits per heavy atom. The molecule has 20 heavy (non-hydrogen) atoms. The number of carbonyl (C=O) groups excluding carboxylic acids is 1. The van der Waals surface area contributed by atoms with E-state index in [1.54, 1.807) is 18.3 Å². The Morgan fingerprint density at radius 1 is 1.40 bits per heavy atom. The Hall–Kier alpha value is -1.71. The molecule has 2 aliphatic rings. The second-order valence-corrected chi connectivity index (χ2v) is 6.12. The largest absolute Gasteiger partial charge is 0.273 e. The maximum atomic E-state index is 12.7. The zero-order valence-corrected chi connectivity index (χ0v) is 11.6. The van der Waals surface area contributed by atoms with Gasteiger partial charge in [-0.1, -0.05) is 31.9 Å². The Morgan fingerprint density at radius 2 is 2.15 bits per heavy atom. The monoisotopic (exact) mass is 274 g/mol. The van der Waals surface area contributed by atoms with Gasteiger partial charge in [-0.15, -0.1) is 0 Å². The molecule has 0 bridgehead atoms. The highest BCUT2D eigenvalue weighted by Gasteiger charge is 2.64. The van der Waals surface area contributed by atoms with E-state index in [1.807, 2.05) is 0 Å². The number of amides is 1. The Bertz CT molecular complexity index is 540. The topological polar surface area (TPSA) is 41.5 Å². The number of nitrogens with one attached hydrogen (secondary N) is 1. The Kier molecular flexibility index (Phi) is 3.32. The van der Waals surface area contributed by atoms with E-state index in [9.17, 15) is 9.18 Å². The van der Waals surface area contributed by atoms with Crippen LogP contribution < -0.4 is 5.43 Å². The van der Waals surface area contributed by atoms with Crippen molar-refractivity contribution >= 4 is 12.1 Å². The maximum absolute atomic E-state index is 12.7. The lowest BCUT2D eigenvalue weighted by atomic mass is 9.90. The van der Waals surface area contributed by atoms with Crippen LogP contribution in [0.5, 0.6) is 0 Å². The van der Waals surface area contributed by atoms with Crippen molar-refractivity contribution in [3.8, 4) is 0 Å².